The van der Waals surface area contributed by atoms with Crippen molar-refractivity contribution in [3.63, 3.8) is 0 Å². The predicted molar refractivity (Wildman–Crippen MR) is 76.9 cm³/mol. The summed E-state index contributed by atoms with van der Waals surface area (Å²) in [6, 6.07) is 5.78. The van der Waals surface area contributed by atoms with Crippen LogP contribution < -0.4 is 16.2 Å². The molecule has 0 saturated heterocycles. The summed E-state index contributed by atoms with van der Waals surface area (Å²) in [6.45, 7) is 1.55. The van der Waals surface area contributed by atoms with Crippen LogP contribution in [-0.4, -0.2) is 22.8 Å². The number of anilines is 1. The van der Waals surface area contributed by atoms with Crippen molar-refractivity contribution in [2.45, 2.75) is 13.0 Å². The smallest absolute Gasteiger partial charge is 0.271 e. The predicted octanol–water partition coefficient (Wildman–Crippen LogP) is 1.19. The Morgan fingerprint density at radius 1 is 1.30 bits per heavy atom. The van der Waals surface area contributed by atoms with Crippen LogP contribution in [0.5, 0.6) is 0 Å². The van der Waals surface area contributed by atoms with Gasteiger partial charge in [0.2, 0.25) is 5.91 Å². The Morgan fingerprint density at radius 2 is 2.10 bits per heavy atom. The summed E-state index contributed by atoms with van der Waals surface area (Å²) in [4.78, 5) is 38.1. The lowest BCUT2D eigenvalue weighted by Gasteiger charge is -2.13. The molecular formula is C13H13N3O3S. The molecule has 0 aromatic carbocycles. The maximum atomic E-state index is 11.9. The lowest BCUT2D eigenvalue weighted by molar-refractivity contribution is -0.117. The zero-order chi connectivity index (χ0) is 14.5. The van der Waals surface area contributed by atoms with Crippen LogP contribution in [0.4, 0.5) is 5.69 Å². The van der Waals surface area contributed by atoms with Gasteiger partial charge < -0.3 is 15.6 Å². The van der Waals surface area contributed by atoms with Crippen molar-refractivity contribution in [1.82, 2.24) is 10.3 Å². The molecule has 2 heterocycles. The number of aromatic amines is 1. The molecule has 20 heavy (non-hydrogen) atoms. The SMILES string of the molecule is C[C@@H](NC(=O)c1cccs1)C(=O)Nc1ccc[nH]c1=O. The molecule has 0 aliphatic rings. The Hall–Kier alpha value is -2.41. The number of carbonyl (C=O) groups is 2. The van der Waals surface area contributed by atoms with Gasteiger partial charge in [0.1, 0.15) is 11.7 Å². The summed E-state index contributed by atoms with van der Waals surface area (Å²) in [5.74, 6) is -0.767. The Balaban J connectivity index is 1.98. The molecule has 0 fully saturated rings. The van der Waals surface area contributed by atoms with Crippen molar-refractivity contribution in [3.8, 4) is 0 Å². The van der Waals surface area contributed by atoms with Crippen molar-refractivity contribution in [1.29, 1.82) is 0 Å². The third kappa shape index (κ3) is 3.33. The largest absolute Gasteiger partial charge is 0.340 e. The summed E-state index contributed by atoms with van der Waals surface area (Å²) in [5.41, 5.74) is -0.243. The highest BCUT2D eigenvalue weighted by atomic mass is 32.1. The Bertz CT molecular complexity index is 664. The summed E-state index contributed by atoms with van der Waals surface area (Å²) < 4.78 is 0. The number of aromatic nitrogens is 1. The molecule has 104 valence electrons. The minimum absolute atomic E-state index is 0.148. The number of carbonyl (C=O) groups excluding carboxylic acids is 2. The molecule has 0 aliphatic heterocycles. The fraction of sp³-hybridized carbons (Fsp3) is 0.154. The second-order valence-corrected chi connectivity index (χ2v) is 5.02. The molecular weight excluding hydrogens is 278 g/mol. The van der Waals surface area contributed by atoms with E-state index >= 15 is 0 Å². The van der Waals surface area contributed by atoms with E-state index in [0.29, 0.717) is 4.88 Å². The average molecular weight is 291 g/mol. The quantitative estimate of drug-likeness (QED) is 0.790. The van der Waals surface area contributed by atoms with E-state index in [4.69, 9.17) is 0 Å². The summed E-state index contributed by atoms with van der Waals surface area (Å²) in [7, 11) is 0. The first-order valence-corrected chi connectivity index (χ1v) is 6.79. The van der Waals surface area contributed by atoms with Crippen molar-refractivity contribution in [2.24, 2.45) is 0 Å². The van der Waals surface area contributed by atoms with Crippen LogP contribution >= 0.6 is 11.3 Å². The lowest BCUT2D eigenvalue weighted by atomic mass is 10.3. The van der Waals surface area contributed by atoms with Crippen LogP contribution in [-0.2, 0) is 4.79 Å². The molecule has 0 unspecified atom stereocenters. The molecule has 2 aromatic heterocycles. The van der Waals surface area contributed by atoms with Gasteiger partial charge in [-0.05, 0) is 30.5 Å². The molecule has 0 bridgehead atoms. The number of hydrogen-bond acceptors (Lipinski definition) is 4. The van der Waals surface area contributed by atoms with Gasteiger partial charge in [0.25, 0.3) is 11.5 Å². The molecule has 0 radical (unpaired) electrons. The van der Waals surface area contributed by atoms with E-state index < -0.39 is 17.5 Å². The van der Waals surface area contributed by atoms with E-state index in [9.17, 15) is 14.4 Å². The van der Waals surface area contributed by atoms with Gasteiger partial charge in [-0.25, -0.2) is 0 Å². The van der Waals surface area contributed by atoms with E-state index in [1.165, 1.54) is 23.6 Å². The fourth-order valence-corrected chi connectivity index (χ4v) is 2.13. The van der Waals surface area contributed by atoms with Gasteiger partial charge in [-0.1, -0.05) is 6.07 Å². The van der Waals surface area contributed by atoms with Crippen LogP contribution in [0.1, 0.15) is 16.6 Å². The Morgan fingerprint density at radius 3 is 2.75 bits per heavy atom. The number of H-pyrrole nitrogens is 1. The fourth-order valence-electron chi connectivity index (χ4n) is 1.50. The summed E-state index contributed by atoms with van der Waals surface area (Å²) in [5, 5.41) is 6.82. The Kier molecular flexibility index (Phi) is 4.31. The van der Waals surface area contributed by atoms with Crippen molar-refractivity contribution < 1.29 is 9.59 Å². The minimum Gasteiger partial charge on any atom is -0.340 e. The van der Waals surface area contributed by atoms with E-state index in [2.05, 4.69) is 15.6 Å². The van der Waals surface area contributed by atoms with E-state index in [-0.39, 0.29) is 11.6 Å². The van der Waals surface area contributed by atoms with Gasteiger partial charge in [0.15, 0.2) is 0 Å². The highest BCUT2D eigenvalue weighted by molar-refractivity contribution is 7.12. The normalized spacial score (nSPS) is 11.7. The number of thiophene rings is 1. The third-order valence-corrected chi connectivity index (χ3v) is 3.43. The molecule has 1 atom stereocenters. The van der Waals surface area contributed by atoms with Gasteiger partial charge in [0.05, 0.1) is 4.88 Å². The van der Waals surface area contributed by atoms with E-state index in [1.54, 1.807) is 30.5 Å². The zero-order valence-electron chi connectivity index (χ0n) is 10.7. The van der Waals surface area contributed by atoms with Gasteiger partial charge in [-0.2, -0.15) is 0 Å². The van der Waals surface area contributed by atoms with Crippen LogP contribution in [0.15, 0.2) is 40.6 Å². The maximum absolute atomic E-state index is 11.9. The van der Waals surface area contributed by atoms with Gasteiger partial charge in [-0.3, -0.25) is 14.4 Å². The molecule has 3 N–H and O–H groups in total. The molecule has 7 heteroatoms. The van der Waals surface area contributed by atoms with E-state index in [0.717, 1.165) is 0 Å². The number of amides is 2. The van der Waals surface area contributed by atoms with Crippen LogP contribution in [0.2, 0.25) is 0 Å². The maximum Gasteiger partial charge on any atom is 0.271 e. The van der Waals surface area contributed by atoms with Gasteiger partial charge >= 0.3 is 0 Å². The van der Waals surface area contributed by atoms with Crippen molar-refractivity contribution in [3.05, 3.63) is 51.1 Å². The number of pyridine rings is 1. The van der Waals surface area contributed by atoms with Gasteiger partial charge in [0, 0.05) is 6.20 Å². The van der Waals surface area contributed by atoms with Crippen LogP contribution in [0.3, 0.4) is 0 Å². The topological polar surface area (TPSA) is 91.1 Å². The molecule has 0 spiro atoms. The molecule has 0 saturated carbocycles. The molecule has 2 amide bonds. The third-order valence-electron chi connectivity index (χ3n) is 2.56. The first-order chi connectivity index (χ1) is 9.58. The monoisotopic (exact) mass is 291 g/mol. The number of nitrogens with one attached hydrogen (secondary N) is 3. The second kappa shape index (κ2) is 6.16. The highest BCUT2D eigenvalue weighted by Crippen LogP contribution is 2.08. The van der Waals surface area contributed by atoms with Crippen molar-refractivity contribution >= 4 is 28.8 Å². The first kappa shape index (κ1) is 14.0. The van der Waals surface area contributed by atoms with Crippen molar-refractivity contribution in [2.75, 3.05) is 5.32 Å². The van der Waals surface area contributed by atoms with E-state index in [1.807, 2.05) is 0 Å². The molecule has 2 aromatic rings. The minimum atomic E-state index is -0.746. The summed E-state index contributed by atoms with van der Waals surface area (Å²) in [6.07, 6.45) is 1.47. The lowest BCUT2D eigenvalue weighted by Crippen LogP contribution is -2.42. The average Bonchev–Trinajstić information content (AvgIpc) is 2.95. The zero-order valence-corrected chi connectivity index (χ0v) is 11.5. The summed E-state index contributed by atoms with van der Waals surface area (Å²) >= 11 is 1.29. The number of hydrogen-bond donors (Lipinski definition) is 3. The molecule has 2 rings (SSSR count). The standard InChI is InChI=1S/C13H13N3O3S/c1-8(15-13(19)10-5-3-7-20-10)11(17)16-9-4-2-6-14-12(9)18/h2-8H,1H3,(H,14,18)(H,15,19)(H,16,17)/t8-/m1/s1. The first-order valence-electron chi connectivity index (χ1n) is 5.91. The van der Waals surface area contributed by atoms with Gasteiger partial charge in [-0.15, -0.1) is 11.3 Å². The number of rotatable bonds is 4. The second-order valence-electron chi connectivity index (χ2n) is 4.07. The molecule has 0 aliphatic carbocycles. The Labute approximate surface area is 118 Å². The van der Waals surface area contributed by atoms with Crippen LogP contribution in [0.25, 0.3) is 0 Å². The van der Waals surface area contributed by atoms with Crippen LogP contribution in [0, 0.1) is 0 Å². The molecule has 6 nitrogen and oxygen atoms in total. The highest BCUT2D eigenvalue weighted by Gasteiger charge is 2.17.